The molecule has 1 aromatic rings. The van der Waals surface area contributed by atoms with Crippen LogP contribution >= 0.6 is 0 Å². The van der Waals surface area contributed by atoms with Crippen molar-refractivity contribution in [1.82, 2.24) is 5.32 Å². The number of carbonyl (C=O) groups is 2. The third-order valence-electron chi connectivity index (χ3n) is 2.22. The number of nitro benzene ring substituents is 1. The number of nitrogens with one attached hydrogen (secondary N) is 2. The Morgan fingerprint density at radius 1 is 1.42 bits per heavy atom. The van der Waals surface area contributed by atoms with Gasteiger partial charge in [-0.15, -0.1) is 0 Å². The summed E-state index contributed by atoms with van der Waals surface area (Å²) in [7, 11) is 0. The van der Waals surface area contributed by atoms with Gasteiger partial charge in [-0.25, -0.2) is 0 Å². The first-order valence-corrected chi connectivity index (χ1v) is 5.48. The highest BCUT2D eigenvalue weighted by Gasteiger charge is 2.17. The summed E-state index contributed by atoms with van der Waals surface area (Å²) in [6.45, 7) is 1.69. The highest BCUT2D eigenvalue weighted by atomic mass is 16.6. The first kappa shape index (κ1) is 14.4. The Hall–Kier alpha value is -2.64. The van der Waals surface area contributed by atoms with E-state index in [0.717, 1.165) is 6.07 Å². The largest absolute Gasteiger partial charge is 0.480 e. The maximum absolute atomic E-state index is 11.6. The zero-order valence-electron chi connectivity index (χ0n) is 10.2. The first-order valence-electron chi connectivity index (χ1n) is 5.48. The van der Waals surface area contributed by atoms with Crippen molar-refractivity contribution >= 4 is 23.3 Å². The zero-order valence-corrected chi connectivity index (χ0v) is 10.2. The van der Waals surface area contributed by atoms with E-state index in [9.17, 15) is 19.7 Å². The molecule has 0 unspecified atom stereocenters. The number of nitrogens with zero attached hydrogens (tertiary/aromatic N) is 1. The predicted molar refractivity (Wildman–Crippen MR) is 67.2 cm³/mol. The van der Waals surface area contributed by atoms with Crippen LogP contribution < -0.4 is 10.6 Å². The summed E-state index contributed by atoms with van der Waals surface area (Å²) >= 11 is 0. The Balaban J connectivity index is 3.06. The van der Waals surface area contributed by atoms with Gasteiger partial charge in [-0.2, -0.15) is 0 Å². The number of hydrogen-bond donors (Lipinski definition) is 3. The van der Waals surface area contributed by atoms with Crippen molar-refractivity contribution in [3.8, 4) is 0 Å². The first-order chi connectivity index (χ1) is 8.95. The van der Waals surface area contributed by atoms with Crippen LogP contribution in [0.1, 0.15) is 17.3 Å². The summed E-state index contributed by atoms with van der Waals surface area (Å²) in [4.78, 5) is 32.2. The lowest BCUT2D eigenvalue weighted by Crippen LogP contribution is -2.23. The summed E-state index contributed by atoms with van der Waals surface area (Å²) in [5.41, 5.74) is -0.0641. The van der Waals surface area contributed by atoms with Gasteiger partial charge < -0.3 is 15.7 Å². The molecule has 0 spiro atoms. The minimum absolute atomic E-state index is 0.00356. The van der Waals surface area contributed by atoms with Gasteiger partial charge >= 0.3 is 5.97 Å². The molecule has 8 nitrogen and oxygen atoms in total. The predicted octanol–water partition coefficient (Wildman–Crippen LogP) is 0.841. The molecular weight excluding hydrogens is 254 g/mol. The highest BCUT2D eigenvalue weighted by Crippen LogP contribution is 2.25. The van der Waals surface area contributed by atoms with Gasteiger partial charge in [-0.05, 0) is 19.1 Å². The van der Waals surface area contributed by atoms with Crippen LogP contribution in [0.15, 0.2) is 18.2 Å². The van der Waals surface area contributed by atoms with E-state index in [4.69, 9.17) is 5.11 Å². The van der Waals surface area contributed by atoms with E-state index < -0.39 is 17.4 Å². The maximum Gasteiger partial charge on any atom is 0.322 e. The molecule has 8 heteroatoms. The van der Waals surface area contributed by atoms with E-state index >= 15 is 0 Å². The van der Waals surface area contributed by atoms with Crippen molar-refractivity contribution in [3.05, 3.63) is 33.9 Å². The average Bonchev–Trinajstić information content (AvgIpc) is 2.36. The number of amides is 1. The number of carbonyl (C=O) groups excluding carboxylic acids is 1. The van der Waals surface area contributed by atoms with Gasteiger partial charge in [0, 0.05) is 18.2 Å². The van der Waals surface area contributed by atoms with Crippen LogP contribution in [0.25, 0.3) is 0 Å². The molecule has 0 aliphatic heterocycles. The molecule has 0 saturated carbocycles. The lowest BCUT2D eigenvalue weighted by Gasteiger charge is -2.07. The van der Waals surface area contributed by atoms with Crippen molar-refractivity contribution in [3.63, 3.8) is 0 Å². The monoisotopic (exact) mass is 267 g/mol. The Morgan fingerprint density at radius 3 is 2.63 bits per heavy atom. The van der Waals surface area contributed by atoms with Crippen LogP contribution in [-0.4, -0.2) is 35.0 Å². The number of anilines is 1. The summed E-state index contributed by atoms with van der Waals surface area (Å²) in [6, 6.07) is 3.73. The number of benzene rings is 1. The number of nitro groups is 1. The number of carboxylic acid groups (broad SMARTS) is 1. The number of carboxylic acids is 1. The van der Waals surface area contributed by atoms with E-state index in [1.165, 1.54) is 12.1 Å². The van der Waals surface area contributed by atoms with E-state index in [0.29, 0.717) is 6.54 Å². The van der Waals surface area contributed by atoms with Crippen LogP contribution in [0.5, 0.6) is 0 Å². The second-order valence-corrected chi connectivity index (χ2v) is 3.60. The summed E-state index contributed by atoms with van der Waals surface area (Å²) in [5.74, 6) is -1.53. The van der Waals surface area contributed by atoms with Gasteiger partial charge in [-0.1, -0.05) is 0 Å². The zero-order chi connectivity index (χ0) is 14.4. The SMILES string of the molecule is CCNC(=O)c1ccc([N+](=O)[O-])c(NCC(=O)O)c1. The fourth-order valence-electron chi connectivity index (χ4n) is 1.41. The molecule has 0 aliphatic rings. The van der Waals surface area contributed by atoms with Crippen LogP contribution in [0.4, 0.5) is 11.4 Å². The lowest BCUT2D eigenvalue weighted by molar-refractivity contribution is -0.383. The van der Waals surface area contributed by atoms with Crippen molar-refractivity contribution in [2.24, 2.45) is 0 Å². The molecule has 0 atom stereocenters. The van der Waals surface area contributed by atoms with E-state index in [1.807, 2.05) is 0 Å². The van der Waals surface area contributed by atoms with Gasteiger partial charge in [0.2, 0.25) is 0 Å². The third-order valence-corrected chi connectivity index (χ3v) is 2.22. The quantitative estimate of drug-likeness (QED) is 0.518. The van der Waals surface area contributed by atoms with Crippen LogP contribution in [0.3, 0.4) is 0 Å². The van der Waals surface area contributed by atoms with Crippen LogP contribution in [-0.2, 0) is 4.79 Å². The molecule has 1 amide bonds. The highest BCUT2D eigenvalue weighted by molar-refractivity contribution is 5.96. The third kappa shape index (κ3) is 3.95. The summed E-state index contributed by atoms with van der Waals surface area (Å²) < 4.78 is 0. The van der Waals surface area contributed by atoms with Crippen molar-refractivity contribution in [2.75, 3.05) is 18.4 Å². The minimum atomic E-state index is -1.15. The van der Waals surface area contributed by atoms with Crippen LogP contribution in [0.2, 0.25) is 0 Å². The molecule has 102 valence electrons. The Bertz CT molecular complexity index is 515. The van der Waals surface area contributed by atoms with Gasteiger partial charge in [0.1, 0.15) is 12.2 Å². The van der Waals surface area contributed by atoms with Gasteiger partial charge in [0.05, 0.1) is 4.92 Å². The second kappa shape index (κ2) is 6.34. The van der Waals surface area contributed by atoms with Crippen LogP contribution in [0, 0.1) is 10.1 Å². The van der Waals surface area contributed by atoms with Crippen molar-refractivity contribution in [1.29, 1.82) is 0 Å². The standard InChI is InChI=1S/C11H13N3O5/c1-2-12-11(17)7-3-4-9(14(18)19)8(5-7)13-6-10(15)16/h3-5,13H,2,6H2,1H3,(H,12,17)(H,15,16). The fourth-order valence-corrected chi connectivity index (χ4v) is 1.41. The minimum Gasteiger partial charge on any atom is -0.480 e. The average molecular weight is 267 g/mol. The van der Waals surface area contributed by atoms with Crippen molar-refractivity contribution in [2.45, 2.75) is 6.92 Å². The topological polar surface area (TPSA) is 122 Å². The summed E-state index contributed by atoms with van der Waals surface area (Å²) in [5, 5.41) is 24.3. The van der Waals surface area contributed by atoms with Crippen molar-refractivity contribution < 1.29 is 19.6 Å². The molecule has 3 N–H and O–H groups in total. The molecule has 1 aromatic carbocycles. The molecule has 0 aliphatic carbocycles. The molecule has 0 bridgehead atoms. The Labute approximate surface area is 108 Å². The number of rotatable bonds is 6. The molecular formula is C11H13N3O5. The van der Waals surface area contributed by atoms with E-state index in [2.05, 4.69) is 10.6 Å². The number of aliphatic carboxylic acids is 1. The molecule has 0 saturated heterocycles. The molecule has 0 fully saturated rings. The molecule has 0 heterocycles. The summed E-state index contributed by atoms with van der Waals surface area (Å²) in [6.07, 6.45) is 0. The number of hydrogen-bond acceptors (Lipinski definition) is 5. The fraction of sp³-hybridized carbons (Fsp3) is 0.273. The molecule has 0 radical (unpaired) electrons. The molecule has 19 heavy (non-hydrogen) atoms. The lowest BCUT2D eigenvalue weighted by atomic mass is 10.1. The second-order valence-electron chi connectivity index (χ2n) is 3.60. The maximum atomic E-state index is 11.6. The Kier molecular flexibility index (Phi) is 4.81. The van der Waals surface area contributed by atoms with Gasteiger partial charge in [0.25, 0.3) is 11.6 Å². The van der Waals surface area contributed by atoms with E-state index in [1.54, 1.807) is 6.92 Å². The smallest absolute Gasteiger partial charge is 0.322 e. The molecule has 1 rings (SSSR count). The Morgan fingerprint density at radius 2 is 2.11 bits per heavy atom. The molecule has 0 aromatic heterocycles. The van der Waals surface area contributed by atoms with Gasteiger partial charge in [-0.3, -0.25) is 19.7 Å². The van der Waals surface area contributed by atoms with Gasteiger partial charge in [0.15, 0.2) is 0 Å². The normalized spacial score (nSPS) is 9.74. The van der Waals surface area contributed by atoms with E-state index in [-0.39, 0.29) is 22.8 Å².